The normalized spacial score (nSPS) is 16.3. The molecule has 0 N–H and O–H groups in total. The van der Waals surface area contributed by atoms with Crippen LogP contribution in [0.1, 0.15) is 23.5 Å². The van der Waals surface area contributed by atoms with Gasteiger partial charge in [0, 0.05) is 31.4 Å². The van der Waals surface area contributed by atoms with E-state index in [1.165, 1.54) is 0 Å². The number of aromatic nitrogens is 3. The largest absolute Gasteiger partial charge is 0.342 e. The van der Waals surface area contributed by atoms with E-state index in [1.807, 2.05) is 34.0 Å². The molecule has 21 heavy (non-hydrogen) atoms. The molecule has 112 valence electrons. The lowest BCUT2D eigenvalue weighted by Gasteiger charge is -2.31. The molecule has 1 amide bonds. The van der Waals surface area contributed by atoms with Crippen LogP contribution in [0.25, 0.3) is 0 Å². The SMILES string of the molecule is Cn1cnnc1CC1CCN(C(=O)Cc2cccs2)CC1. The Morgan fingerprint density at radius 1 is 1.43 bits per heavy atom. The van der Waals surface area contributed by atoms with Gasteiger partial charge in [-0.2, -0.15) is 0 Å². The predicted molar refractivity (Wildman–Crippen MR) is 82.0 cm³/mol. The van der Waals surface area contributed by atoms with Gasteiger partial charge >= 0.3 is 0 Å². The number of carbonyl (C=O) groups is 1. The van der Waals surface area contributed by atoms with Gasteiger partial charge in [0.1, 0.15) is 12.2 Å². The van der Waals surface area contributed by atoms with Crippen molar-refractivity contribution in [2.75, 3.05) is 13.1 Å². The first-order chi connectivity index (χ1) is 10.2. The Hall–Kier alpha value is -1.69. The van der Waals surface area contributed by atoms with Crippen LogP contribution >= 0.6 is 11.3 Å². The standard InChI is InChI=1S/C15H20N4OS/c1-18-11-16-17-14(18)9-12-4-6-19(7-5-12)15(20)10-13-3-2-8-21-13/h2-3,8,11-12H,4-7,9-10H2,1H3. The highest BCUT2D eigenvalue weighted by atomic mass is 32.1. The average Bonchev–Trinajstić information content (AvgIpc) is 3.12. The van der Waals surface area contributed by atoms with Crippen molar-refractivity contribution in [1.29, 1.82) is 0 Å². The van der Waals surface area contributed by atoms with Crippen molar-refractivity contribution in [2.24, 2.45) is 13.0 Å². The molecule has 0 bridgehead atoms. The van der Waals surface area contributed by atoms with Crippen LogP contribution in [0.5, 0.6) is 0 Å². The Morgan fingerprint density at radius 2 is 2.24 bits per heavy atom. The highest BCUT2D eigenvalue weighted by Gasteiger charge is 2.24. The molecule has 0 radical (unpaired) electrons. The molecule has 5 nitrogen and oxygen atoms in total. The maximum atomic E-state index is 12.2. The fourth-order valence-corrected chi connectivity index (χ4v) is 3.51. The van der Waals surface area contributed by atoms with E-state index < -0.39 is 0 Å². The fraction of sp³-hybridized carbons (Fsp3) is 0.533. The zero-order valence-corrected chi connectivity index (χ0v) is 13.1. The molecule has 0 saturated carbocycles. The zero-order valence-electron chi connectivity index (χ0n) is 12.2. The van der Waals surface area contributed by atoms with E-state index in [-0.39, 0.29) is 5.91 Å². The van der Waals surface area contributed by atoms with Gasteiger partial charge < -0.3 is 9.47 Å². The summed E-state index contributed by atoms with van der Waals surface area (Å²) in [6, 6.07) is 4.03. The van der Waals surface area contributed by atoms with Crippen molar-refractivity contribution in [3.05, 3.63) is 34.5 Å². The molecular weight excluding hydrogens is 284 g/mol. The molecule has 1 aliphatic heterocycles. The van der Waals surface area contributed by atoms with Gasteiger partial charge in [0.05, 0.1) is 6.42 Å². The van der Waals surface area contributed by atoms with Crippen LogP contribution in [0.15, 0.2) is 23.8 Å². The fourth-order valence-electron chi connectivity index (χ4n) is 2.81. The van der Waals surface area contributed by atoms with Crippen molar-refractivity contribution in [3.8, 4) is 0 Å². The highest BCUT2D eigenvalue weighted by Crippen LogP contribution is 2.21. The monoisotopic (exact) mass is 304 g/mol. The molecule has 2 aromatic heterocycles. The van der Waals surface area contributed by atoms with E-state index in [4.69, 9.17) is 0 Å². The molecule has 6 heteroatoms. The lowest BCUT2D eigenvalue weighted by molar-refractivity contribution is -0.131. The van der Waals surface area contributed by atoms with Crippen LogP contribution in [0.3, 0.4) is 0 Å². The smallest absolute Gasteiger partial charge is 0.227 e. The second kappa shape index (κ2) is 6.39. The van der Waals surface area contributed by atoms with Gasteiger partial charge in [-0.25, -0.2) is 0 Å². The first-order valence-electron chi connectivity index (χ1n) is 7.35. The second-order valence-corrected chi connectivity index (χ2v) is 6.67. The van der Waals surface area contributed by atoms with E-state index in [9.17, 15) is 4.79 Å². The number of carbonyl (C=O) groups excluding carboxylic acids is 1. The molecule has 3 rings (SSSR count). The van der Waals surface area contributed by atoms with Gasteiger partial charge in [0.2, 0.25) is 5.91 Å². The lowest BCUT2D eigenvalue weighted by Crippen LogP contribution is -2.39. The maximum absolute atomic E-state index is 12.2. The van der Waals surface area contributed by atoms with E-state index >= 15 is 0 Å². The number of piperidine rings is 1. The second-order valence-electron chi connectivity index (χ2n) is 5.64. The molecule has 0 spiro atoms. The van der Waals surface area contributed by atoms with Gasteiger partial charge in [-0.3, -0.25) is 4.79 Å². The van der Waals surface area contributed by atoms with Crippen LogP contribution in [0.2, 0.25) is 0 Å². The summed E-state index contributed by atoms with van der Waals surface area (Å²) in [6.07, 6.45) is 5.37. The summed E-state index contributed by atoms with van der Waals surface area (Å²) in [7, 11) is 1.98. The number of rotatable bonds is 4. The molecule has 2 aromatic rings. The minimum atomic E-state index is 0.259. The summed E-state index contributed by atoms with van der Waals surface area (Å²) < 4.78 is 1.98. The van der Waals surface area contributed by atoms with Gasteiger partial charge in [-0.05, 0) is 30.2 Å². The molecule has 0 atom stereocenters. The molecule has 1 saturated heterocycles. The van der Waals surface area contributed by atoms with Crippen molar-refractivity contribution in [3.63, 3.8) is 0 Å². The molecular formula is C15H20N4OS. The van der Waals surface area contributed by atoms with Gasteiger partial charge in [0.15, 0.2) is 0 Å². The minimum Gasteiger partial charge on any atom is -0.342 e. The molecule has 3 heterocycles. The Kier molecular flexibility index (Phi) is 4.34. The summed E-state index contributed by atoms with van der Waals surface area (Å²) in [5, 5.41) is 10.1. The molecule has 0 unspecified atom stereocenters. The maximum Gasteiger partial charge on any atom is 0.227 e. The summed E-state index contributed by atoms with van der Waals surface area (Å²) in [4.78, 5) is 15.4. The van der Waals surface area contributed by atoms with Gasteiger partial charge in [-0.15, -0.1) is 21.5 Å². The highest BCUT2D eigenvalue weighted by molar-refractivity contribution is 7.10. The summed E-state index contributed by atoms with van der Waals surface area (Å²) in [5.41, 5.74) is 0. The van der Waals surface area contributed by atoms with Gasteiger partial charge in [0.25, 0.3) is 0 Å². The zero-order chi connectivity index (χ0) is 14.7. The number of nitrogens with zero attached hydrogens (tertiary/aromatic N) is 4. The first-order valence-corrected chi connectivity index (χ1v) is 8.23. The Balaban J connectivity index is 1.48. The summed E-state index contributed by atoms with van der Waals surface area (Å²) in [6.45, 7) is 1.74. The van der Waals surface area contributed by atoms with E-state index in [2.05, 4.69) is 10.2 Å². The molecule has 0 aliphatic carbocycles. The van der Waals surface area contributed by atoms with E-state index in [0.717, 1.165) is 43.1 Å². The van der Waals surface area contributed by atoms with E-state index in [0.29, 0.717) is 12.3 Å². The third-order valence-corrected chi connectivity index (χ3v) is 5.03. The Bertz CT molecular complexity index is 585. The van der Waals surface area contributed by atoms with Crippen molar-refractivity contribution < 1.29 is 4.79 Å². The van der Waals surface area contributed by atoms with Gasteiger partial charge in [-0.1, -0.05) is 6.07 Å². The number of aryl methyl sites for hydroxylation is 1. The Morgan fingerprint density at radius 3 is 2.86 bits per heavy atom. The topological polar surface area (TPSA) is 51.0 Å². The summed E-state index contributed by atoms with van der Waals surface area (Å²) in [5.74, 6) is 1.91. The number of hydrogen-bond donors (Lipinski definition) is 0. The quantitative estimate of drug-likeness (QED) is 0.867. The predicted octanol–water partition coefficient (Wildman–Crippen LogP) is 1.90. The van der Waals surface area contributed by atoms with Crippen LogP contribution in [-0.4, -0.2) is 38.7 Å². The van der Waals surface area contributed by atoms with Crippen LogP contribution in [0, 0.1) is 5.92 Å². The van der Waals surface area contributed by atoms with E-state index in [1.54, 1.807) is 17.7 Å². The number of amides is 1. The van der Waals surface area contributed by atoms with Crippen molar-refractivity contribution in [1.82, 2.24) is 19.7 Å². The Labute approximate surface area is 128 Å². The first kappa shape index (κ1) is 14.3. The van der Waals surface area contributed by atoms with Crippen LogP contribution in [-0.2, 0) is 24.7 Å². The van der Waals surface area contributed by atoms with Crippen molar-refractivity contribution >= 4 is 17.2 Å². The average molecular weight is 304 g/mol. The third-order valence-electron chi connectivity index (χ3n) is 4.15. The van der Waals surface area contributed by atoms with Crippen molar-refractivity contribution in [2.45, 2.75) is 25.7 Å². The molecule has 0 aromatic carbocycles. The van der Waals surface area contributed by atoms with Crippen LogP contribution in [0.4, 0.5) is 0 Å². The summed E-state index contributed by atoms with van der Waals surface area (Å²) >= 11 is 1.65. The minimum absolute atomic E-state index is 0.259. The molecule has 1 aliphatic rings. The third kappa shape index (κ3) is 3.50. The molecule has 1 fully saturated rings. The lowest BCUT2D eigenvalue weighted by atomic mass is 9.93. The number of thiophene rings is 1. The number of likely N-dealkylation sites (tertiary alicyclic amines) is 1. The van der Waals surface area contributed by atoms with Crippen LogP contribution < -0.4 is 0 Å². The number of hydrogen-bond acceptors (Lipinski definition) is 4.